The second-order valence-electron chi connectivity index (χ2n) is 5.23. The molecule has 0 atom stereocenters. The van der Waals surface area contributed by atoms with Crippen LogP contribution in [-0.2, 0) is 0 Å². The second-order valence-corrected chi connectivity index (χ2v) is 5.23. The summed E-state index contributed by atoms with van der Waals surface area (Å²) < 4.78 is 10.6. The number of rotatable bonds is 3. The molecule has 0 saturated heterocycles. The quantitative estimate of drug-likeness (QED) is 0.803. The van der Waals surface area contributed by atoms with Crippen LogP contribution in [0.3, 0.4) is 0 Å². The molecular formula is C18H13N3O3. The fraction of sp³-hybridized carbons (Fsp3) is 0.0556. The van der Waals surface area contributed by atoms with Crippen LogP contribution in [-0.4, -0.2) is 22.7 Å². The van der Waals surface area contributed by atoms with Crippen molar-refractivity contribution in [2.24, 2.45) is 0 Å². The van der Waals surface area contributed by atoms with Crippen molar-refractivity contribution < 1.29 is 14.3 Å². The highest BCUT2D eigenvalue weighted by Gasteiger charge is 2.16. The number of fused-ring (bicyclic) bond motifs is 1. The molecule has 0 radical (unpaired) electrons. The van der Waals surface area contributed by atoms with Gasteiger partial charge in [-0.2, -0.15) is 0 Å². The van der Waals surface area contributed by atoms with E-state index in [-0.39, 0.29) is 12.7 Å². The number of carbonyl (C=O) groups is 1. The van der Waals surface area contributed by atoms with Gasteiger partial charge in [0, 0.05) is 29.2 Å². The van der Waals surface area contributed by atoms with Gasteiger partial charge in [0.2, 0.25) is 6.79 Å². The molecule has 1 amide bonds. The molecule has 24 heavy (non-hydrogen) atoms. The largest absolute Gasteiger partial charge is 0.454 e. The summed E-state index contributed by atoms with van der Waals surface area (Å²) >= 11 is 0. The van der Waals surface area contributed by atoms with E-state index >= 15 is 0 Å². The minimum atomic E-state index is -0.213. The van der Waals surface area contributed by atoms with Gasteiger partial charge in [0.05, 0.1) is 0 Å². The van der Waals surface area contributed by atoms with Crippen molar-refractivity contribution in [1.29, 1.82) is 0 Å². The van der Waals surface area contributed by atoms with Crippen molar-refractivity contribution in [3.8, 4) is 22.6 Å². The molecule has 1 aliphatic heterocycles. The van der Waals surface area contributed by atoms with Crippen molar-refractivity contribution in [1.82, 2.24) is 9.97 Å². The molecule has 0 saturated carbocycles. The number of nitrogens with one attached hydrogen (secondary N) is 1. The highest BCUT2D eigenvalue weighted by molar-refractivity contribution is 6.05. The third-order valence-corrected chi connectivity index (χ3v) is 3.65. The van der Waals surface area contributed by atoms with Gasteiger partial charge in [0.1, 0.15) is 6.33 Å². The van der Waals surface area contributed by atoms with Gasteiger partial charge in [-0.05, 0) is 35.9 Å². The van der Waals surface area contributed by atoms with Gasteiger partial charge in [-0.3, -0.25) is 4.79 Å². The molecule has 2 aromatic carbocycles. The van der Waals surface area contributed by atoms with Gasteiger partial charge in [-0.25, -0.2) is 9.97 Å². The molecule has 4 rings (SSSR count). The van der Waals surface area contributed by atoms with E-state index in [1.165, 1.54) is 6.33 Å². The Balaban J connectivity index is 1.56. The summed E-state index contributed by atoms with van der Waals surface area (Å²) in [5.74, 6) is 1.02. The van der Waals surface area contributed by atoms with E-state index in [0.717, 1.165) is 11.1 Å². The van der Waals surface area contributed by atoms with Crippen LogP contribution in [0.1, 0.15) is 10.4 Å². The zero-order valence-corrected chi connectivity index (χ0v) is 12.6. The number of aromatic nitrogens is 2. The Labute approximate surface area is 138 Å². The number of hydrogen-bond acceptors (Lipinski definition) is 5. The van der Waals surface area contributed by atoms with E-state index in [2.05, 4.69) is 15.3 Å². The lowest BCUT2D eigenvalue weighted by molar-refractivity contribution is 0.102. The molecule has 1 N–H and O–H groups in total. The van der Waals surface area contributed by atoms with Crippen molar-refractivity contribution in [2.75, 3.05) is 12.1 Å². The highest BCUT2D eigenvalue weighted by atomic mass is 16.7. The molecule has 6 heteroatoms. The van der Waals surface area contributed by atoms with Crippen LogP contribution < -0.4 is 14.8 Å². The summed E-state index contributed by atoms with van der Waals surface area (Å²) in [5, 5.41) is 2.88. The van der Waals surface area contributed by atoms with Crippen LogP contribution in [0.15, 0.2) is 61.2 Å². The first kappa shape index (κ1) is 14.2. The first-order valence-corrected chi connectivity index (χ1v) is 7.36. The number of ether oxygens (including phenoxy) is 2. The Morgan fingerprint density at radius 1 is 0.958 bits per heavy atom. The number of amides is 1. The van der Waals surface area contributed by atoms with E-state index in [1.807, 2.05) is 24.3 Å². The molecule has 0 fully saturated rings. The number of nitrogens with zero attached hydrogens (tertiary/aromatic N) is 2. The molecule has 0 bridgehead atoms. The maximum absolute atomic E-state index is 12.4. The Bertz CT molecular complexity index is 897. The van der Waals surface area contributed by atoms with Gasteiger partial charge in [-0.1, -0.05) is 12.1 Å². The average molecular weight is 319 g/mol. The Morgan fingerprint density at radius 2 is 1.79 bits per heavy atom. The van der Waals surface area contributed by atoms with Gasteiger partial charge in [0.25, 0.3) is 5.91 Å². The number of anilines is 1. The van der Waals surface area contributed by atoms with Crippen molar-refractivity contribution in [3.63, 3.8) is 0 Å². The summed E-state index contributed by atoms with van der Waals surface area (Å²) in [6.45, 7) is 0.182. The van der Waals surface area contributed by atoms with Gasteiger partial charge < -0.3 is 14.8 Å². The molecule has 2 heterocycles. The fourth-order valence-electron chi connectivity index (χ4n) is 2.47. The molecule has 6 nitrogen and oxygen atoms in total. The lowest BCUT2D eigenvalue weighted by Gasteiger charge is -2.08. The normalized spacial score (nSPS) is 12.0. The number of carbonyl (C=O) groups excluding carboxylic acids is 1. The van der Waals surface area contributed by atoms with E-state index in [0.29, 0.717) is 22.7 Å². The predicted octanol–water partition coefficient (Wildman–Crippen LogP) is 3.12. The predicted molar refractivity (Wildman–Crippen MR) is 88.0 cm³/mol. The third-order valence-electron chi connectivity index (χ3n) is 3.65. The van der Waals surface area contributed by atoms with Crippen LogP contribution in [0.5, 0.6) is 11.5 Å². The molecule has 3 aromatic rings. The summed E-state index contributed by atoms with van der Waals surface area (Å²) in [7, 11) is 0. The van der Waals surface area contributed by atoms with Crippen LogP contribution in [0.4, 0.5) is 5.69 Å². The minimum absolute atomic E-state index is 0.182. The first-order chi connectivity index (χ1) is 11.8. The van der Waals surface area contributed by atoms with Gasteiger partial charge in [0.15, 0.2) is 11.5 Å². The maximum Gasteiger partial charge on any atom is 0.255 e. The maximum atomic E-state index is 12.4. The Morgan fingerprint density at radius 3 is 2.67 bits per heavy atom. The first-order valence-electron chi connectivity index (χ1n) is 7.36. The van der Waals surface area contributed by atoms with Crippen LogP contribution >= 0.6 is 0 Å². The standard InChI is InChI=1S/C18H13N3O3/c22-18(13-4-5-16-17(7-13)24-11-23-16)21-15-3-1-2-12(6-15)14-8-19-10-20-9-14/h1-10H,11H2,(H,21,22). The molecule has 118 valence electrons. The van der Waals surface area contributed by atoms with Crippen LogP contribution in [0.25, 0.3) is 11.1 Å². The van der Waals surface area contributed by atoms with Crippen molar-refractivity contribution in [3.05, 3.63) is 66.7 Å². The smallest absolute Gasteiger partial charge is 0.255 e. The van der Waals surface area contributed by atoms with Crippen molar-refractivity contribution >= 4 is 11.6 Å². The zero-order chi connectivity index (χ0) is 16.4. The molecule has 1 aliphatic rings. The summed E-state index contributed by atoms with van der Waals surface area (Å²) in [6, 6.07) is 12.6. The lowest BCUT2D eigenvalue weighted by atomic mass is 10.1. The van der Waals surface area contributed by atoms with E-state index < -0.39 is 0 Å². The van der Waals surface area contributed by atoms with Crippen molar-refractivity contribution in [2.45, 2.75) is 0 Å². The van der Waals surface area contributed by atoms with E-state index in [1.54, 1.807) is 30.6 Å². The highest BCUT2D eigenvalue weighted by Crippen LogP contribution is 2.32. The molecule has 1 aromatic heterocycles. The molecule has 0 spiro atoms. The summed E-state index contributed by atoms with van der Waals surface area (Å²) in [5.41, 5.74) is 3.02. The topological polar surface area (TPSA) is 73.3 Å². The number of hydrogen-bond donors (Lipinski definition) is 1. The number of benzene rings is 2. The van der Waals surface area contributed by atoms with E-state index in [9.17, 15) is 4.79 Å². The van der Waals surface area contributed by atoms with Crippen LogP contribution in [0, 0.1) is 0 Å². The Kier molecular flexibility index (Phi) is 3.55. The zero-order valence-electron chi connectivity index (χ0n) is 12.6. The monoisotopic (exact) mass is 319 g/mol. The van der Waals surface area contributed by atoms with E-state index in [4.69, 9.17) is 9.47 Å². The van der Waals surface area contributed by atoms with Crippen LogP contribution in [0.2, 0.25) is 0 Å². The molecular weight excluding hydrogens is 306 g/mol. The fourth-order valence-corrected chi connectivity index (χ4v) is 2.47. The van der Waals surface area contributed by atoms with Gasteiger partial charge >= 0.3 is 0 Å². The average Bonchev–Trinajstić information content (AvgIpc) is 3.10. The Hall–Kier alpha value is -3.41. The minimum Gasteiger partial charge on any atom is -0.454 e. The third kappa shape index (κ3) is 2.77. The summed E-state index contributed by atoms with van der Waals surface area (Å²) in [4.78, 5) is 20.4. The molecule has 0 unspecified atom stereocenters. The second kappa shape index (κ2) is 6.00. The SMILES string of the molecule is O=C(Nc1cccc(-c2cncnc2)c1)c1ccc2c(c1)OCO2. The molecule has 0 aliphatic carbocycles. The lowest BCUT2D eigenvalue weighted by Crippen LogP contribution is -2.11. The summed E-state index contributed by atoms with van der Waals surface area (Å²) in [6.07, 6.45) is 4.94. The van der Waals surface area contributed by atoms with Gasteiger partial charge in [-0.15, -0.1) is 0 Å².